The van der Waals surface area contributed by atoms with E-state index >= 15 is 0 Å². The van der Waals surface area contributed by atoms with E-state index < -0.39 is 20.5 Å². The number of aliphatic hydroxyl groups excluding tert-OH is 2. The minimum Gasteiger partial charge on any atom is -0.420 e. The molecule has 2 N–H and O–H groups in total. The summed E-state index contributed by atoms with van der Waals surface area (Å²) < 4.78 is 5.90. The van der Waals surface area contributed by atoms with Crippen LogP contribution in [-0.4, -0.2) is 37.8 Å². The third-order valence-electron chi connectivity index (χ3n) is 5.33. The molecule has 20 heavy (non-hydrogen) atoms. The fraction of sp³-hybridized carbons (Fsp3) is 1.00. The van der Waals surface area contributed by atoms with Crippen molar-refractivity contribution < 1.29 is 14.6 Å². The quantitative estimate of drug-likeness (QED) is 0.674. The van der Waals surface area contributed by atoms with Crippen molar-refractivity contribution in [3.63, 3.8) is 0 Å². The first kappa shape index (κ1) is 18.1. The van der Waals surface area contributed by atoms with E-state index in [0.29, 0.717) is 5.92 Å². The lowest BCUT2D eigenvalue weighted by atomic mass is 9.84. The first-order chi connectivity index (χ1) is 9.40. The molecule has 0 aliphatic heterocycles. The van der Waals surface area contributed by atoms with Crippen LogP contribution in [0, 0.1) is 11.8 Å². The van der Waals surface area contributed by atoms with Crippen molar-refractivity contribution in [2.45, 2.75) is 83.2 Å². The molecule has 0 spiro atoms. The zero-order valence-corrected chi connectivity index (χ0v) is 14.8. The lowest BCUT2D eigenvalue weighted by Crippen LogP contribution is -2.37. The fourth-order valence-corrected chi connectivity index (χ4v) is 5.85. The van der Waals surface area contributed by atoms with Gasteiger partial charge in [0.25, 0.3) is 0 Å². The lowest BCUT2D eigenvalue weighted by molar-refractivity contribution is -0.0259. The summed E-state index contributed by atoms with van der Waals surface area (Å²) in [7, 11) is 0.308. The Morgan fingerprint density at radius 2 is 1.90 bits per heavy atom. The van der Waals surface area contributed by atoms with E-state index in [0.717, 1.165) is 31.6 Å². The van der Waals surface area contributed by atoms with Gasteiger partial charge in [0, 0.05) is 7.11 Å². The molecule has 1 aliphatic rings. The highest BCUT2D eigenvalue weighted by Gasteiger charge is 2.32. The minimum absolute atomic E-state index is 0.497. The third-order valence-corrected chi connectivity index (χ3v) is 9.01. The summed E-state index contributed by atoms with van der Waals surface area (Å²) in [6, 6.07) is 2.43. The zero-order valence-electron chi connectivity index (χ0n) is 13.8. The van der Waals surface area contributed by atoms with Gasteiger partial charge in [0.05, 0.1) is 12.2 Å². The first-order valence-electron chi connectivity index (χ1n) is 8.31. The van der Waals surface area contributed by atoms with Crippen LogP contribution in [0.2, 0.25) is 18.6 Å². The molecular weight excluding hydrogens is 268 g/mol. The number of hydrogen-bond donors (Lipinski definition) is 2. The summed E-state index contributed by atoms with van der Waals surface area (Å²) in [5.41, 5.74) is 0. The fourth-order valence-electron chi connectivity index (χ4n) is 3.07. The summed E-state index contributed by atoms with van der Waals surface area (Å²) in [4.78, 5) is 0. The molecule has 0 aromatic carbocycles. The van der Waals surface area contributed by atoms with Crippen LogP contribution in [0.25, 0.3) is 0 Å². The molecule has 0 aromatic rings. The molecule has 1 saturated carbocycles. The molecule has 0 aromatic heterocycles. The Morgan fingerprint density at radius 1 is 1.20 bits per heavy atom. The van der Waals surface area contributed by atoms with Crippen molar-refractivity contribution in [1.82, 2.24) is 0 Å². The van der Waals surface area contributed by atoms with Crippen molar-refractivity contribution in [2.75, 3.05) is 7.11 Å². The van der Waals surface area contributed by atoms with E-state index in [1.165, 1.54) is 24.9 Å². The van der Waals surface area contributed by atoms with Crippen LogP contribution in [0.3, 0.4) is 0 Å². The Balaban J connectivity index is 2.36. The molecule has 0 amide bonds. The largest absolute Gasteiger partial charge is 0.420 e. The molecule has 1 rings (SSSR count). The molecule has 0 bridgehead atoms. The van der Waals surface area contributed by atoms with Crippen LogP contribution in [0.4, 0.5) is 0 Å². The van der Waals surface area contributed by atoms with Crippen LogP contribution in [0.1, 0.15) is 52.4 Å². The van der Waals surface area contributed by atoms with Gasteiger partial charge in [0.15, 0.2) is 8.32 Å². The summed E-state index contributed by atoms with van der Waals surface area (Å²) >= 11 is 0. The normalized spacial score (nSPS) is 31.8. The standard InChI is InChI=1S/C16H34O3Si/c1-5-13(2)8-10-20(4,19-3)11-9-14-6-7-15(17)16(18)12-14/h13-18H,5-12H2,1-4H3. The molecule has 0 radical (unpaired) electrons. The second-order valence-corrected chi connectivity index (χ2v) is 11.4. The molecule has 3 nitrogen and oxygen atoms in total. The summed E-state index contributed by atoms with van der Waals surface area (Å²) in [5, 5.41) is 19.3. The van der Waals surface area contributed by atoms with Gasteiger partial charge in [-0.15, -0.1) is 0 Å². The van der Waals surface area contributed by atoms with Crippen LogP contribution in [-0.2, 0) is 4.43 Å². The second kappa shape index (κ2) is 8.52. The topological polar surface area (TPSA) is 49.7 Å². The van der Waals surface area contributed by atoms with E-state index in [1.807, 2.05) is 7.11 Å². The van der Waals surface area contributed by atoms with Crippen molar-refractivity contribution in [1.29, 1.82) is 0 Å². The molecule has 0 heterocycles. The minimum atomic E-state index is -1.57. The predicted octanol–water partition coefficient (Wildman–Crippen LogP) is 3.56. The van der Waals surface area contributed by atoms with E-state index in [1.54, 1.807) is 0 Å². The van der Waals surface area contributed by atoms with E-state index in [9.17, 15) is 10.2 Å². The highest BCUT2D eigenvalue weighted by Crippen LogP contribution is 2.32. The number of aliphatic hydroxyl groups is 2. The SMILES string of the molecule is CCC(C)CC[Si](C)(CCC1CCC(O)C(O)C1)OC. The Morgan fingerprint density at radius 3 is 2.45 bits per heavy atom. The summed E-state index contributed by atoms with van der Waals surface area (Å²) in [5.74, 6) is 1.36. The van der Waals surface area contributed by atoms with Gasteiger partial charge in [-0.25, -0.2) is 0 Å². The highest BCUT2D eigenvalue weighted by molar-refractivity contribution is 6.72. The smallest absolute Gasteiger partial charge is 0.189 e. The van der Waals surface area contributed by atoms with Gasteiger partial charge < -0.3 is 14.6 Å². The zero-order chi connectivity index (χ0) is 15.2. The van der Waals surface area contributed by atoms with Crippen molar-refractivity contribution in [3.8, 4) is 0 Å². The lowest BCUT2D eigenvalue weighted by Gasteiger charge is -2.33. The van der Waals surface area contributed by atoms with Crippen LogP contribution >= 0.6 is 0 Å². The molecule has 5 atom stereocenters. The Hall–Kier alpha value is 0.0969. The number of rotatable bonds is 8. The maximum absolute atomic E-state index is 9.77. The third kappa shape index (κ3) is 5.84. The molecule has 0 saturated heterocycles. The molecule has 1 aliphatic carbocycles. The molecule has 5 unspecified atom stereocenters. The first-order valence-corrected chi connectivity index (χ1v) is 11.1. The van der Waals surface area contributed by atoms with E-state index in [4.69, 9.17) is 4.43 Å². The van der Waals surface area contributed by atoms with Gasteiger partial charge in [-0.2, -0.15) is 0 Å². The van der Waals surface area contributed by atoms with Crippen molar-refractivity contribution >= 4 is 8.32 Å². The van der Waals surface area contributed by atoms with Crippen LogP contribution < -0.4 is 0 Å². The maximum atomic E-state index is 9.77. The van der Waals surface area contributed by atoms with Gasteiger partial charge in [0.1, 0.15) is 0 Å². The predicted molar refractivity (Wildman–Crippen MR) is 86.3 cm³/mol. The Kier molecular flexibility index (Phi) is 7.73. The van der Waals surface area contributed by atoms with E-state index in [-0.39, 0.29) is 0 Å². The molecule has 4 heteroatoms. The average molecular weight is 303 g/mol. The second-order valence-electron chi connectivity index (χ2n) is 7.06. The highest BCUT2D eigenvalue weighted by atomic mass is 28.4. The Bertz CT molecular complexity index is 274. The van der Waals surface area contributed by atoms with Crippen LogP contribution in [0.15, 0.2) is 0 Å². The molecule has 1 fully saturated rings. The Labute approximate surface area is 125 Å². The monoisotopic (exact) mass is 302 g/mol. The van der Waals surface area contributed by atoms with Crippen LogP contribution in [0.5, 0.6) is 0 Å². The number of hydrogen-bond acceptors (Lipinski definition) is 3. The van der Waals surface area contributed by atoms with E-state index in [2.05, 4.69) is 20.4 Å². The van der Waals surface area contributed by atoms with Crippen molar-refractivity contribution in [2.24, 2.45) is 11.8 Å². The summed E-state index contributed by atoms with van der Waals surface area (Å²) in [6.45, 7) is 6.93. The van der Waals surface area contributed by atoms with Gasteiger partial charge in [-0.1, -0.05) is 33.1 Å². The van der Waals surface area contributed by atoms with Crippen molar-refractivity contribution in [3.05, 3.63) is 0 Å². The summed E-state index contributed by atoms with van der Waals surface area (Å²) in [6.07, 6.45) is 5.25. The van der Waals surface area contributed by atoms with Gasteiger partial charge in [0.2, 0.25) is 0 Å². The van der Waals surface area contributed by atoms with Gasteiger partial charge >= 0.3 is 0 Å². The molecular formula is C16H34O3Si. The maximum Gasteiger partial charge on any atom is 0.189 e. The average Bonchev–Trinajstić information content (AvgIpc) is 2.46. The van der Waals surface area contributed by atoms with Gasteiger partial charge in [-0.05, 0) is 49.7 Å². The van der Waals surface area contributed by atoms with Gasteiger partial charge in [-0.3, -0.25) is 0 Å². The molecule has 120 valence electrons.